The third-order valence-electron chi connectivity index (χ3n) is 4.17. The molecule has 2 N–H and O–H groups in total. The number of sulfonamides is 1. The molecule has 1 atom stereocenters. The lowest BCUT2D eigenvalue weighted by molar-refractivity contribution is -0.121. The summed E-state index contributed by atoms with van der Waals surface area (Å²) in [6.45, 7) is 1.82. The van der Waals surface area contributed by atoms with Crippen molar-refractivity contribution in [3.63, 3.8) is 0 Å². The van der Waals surface area contributed by atoms with Gasteiger partial charge in [-0.1, -0.05) is 42.5 Å². The average Bonchev–Trinajstić information content (AvgIpc) is 2.61. The second-order valence-corrected chi connectivity index (χ2v) is 8.17. The third-order valence-corrected chi connectivity index (χ3v) is 4.76. The molecule has 1 heterocycles. The number of carbonyl (C=O) groups excluding carboxylic acids is 1. The summed E-state index contributed by atoms with van der Waals surface area (Å²) < 4.78 is 25.6. The highest BCUT2D eigenvalue weighted by atomic mass is 32.2. The molecule has 0 aliphatic carbocycles. The van der Waals surface area contributed by atoms with Crippen LogP contribution in [0.4, 0.5) is 5.69 Å². The molecule has 0 saturated carbocycles. The van der Waals surface area contributed by atoms with Gasteiger partial charge in [0.2, 0.25) is 15.9 Å². The molecular formula is C20H21N3O3S. The van der Waals surface area contributed by atoms with Crippen LogP contribution in [0.2, 0.25) is 0 Å². The molecule has 0 saturated heterocycles. The zero-order valence-electron chi connectivity index (χ0n) is 15.1. The molecule has 3 rings (SSSR count). The highest BCUT2D eigenvalue weighted by Gasteiger charge is 2.16. The van der Waals surface area contributed by atoms with E-state index >= 15 is 0 Å². The van der Waals surface area contributed by atoms with Gasteiger partial charge in [0.25, 0.3) is 0 Å². The van der Waals surface area contributed by atoms with Crippen LogP contribution >= 0.6 is 0 Å². The van der Waals surface area contributed by atoms with Crippen molar-refractivity contribution in [2.75, 3.05) is 11.0 Å². The average molecular weight is 383 g/mol. The minimum Gasteiger partial charge on any atom is -0.349 e. The largest absolute Gasteiger partial charge is 0.349 e. The van der Waals surface area contributed by atoms with Crippen LogP contribution < -0.4 is 10.0 Å². The van der Waals surface area contributed by atoms with Crippen molar-refractivity contribution in [1.29, 1.82) is 0 Å². The first kappa shape index (κ1) is 18.8. The normalized spacial score (nSPS) is 12.5. The van der Waals surface area contributed by atoms with Gasteiger partial charge in [0, 0.05) is 11.6 Å². The Hall–Kier alpha value is -2.93. The van der Waals surface area contributed by atoms with Crippen molar-refractivity contribution >= 4 is 32.5 Å². The van der Waals surface area contributed by atoms with Gasteiger partial charge in [-0.05, 0) is 30.2 Å². The van der Waals surface area contributed by atoms with Crippen LogP contribution in [0.3, 0.4) is 0 Å². The summed E-state index contributed by atoms with van der Waals surface area (Å²) >= 11 is 0. The quantitative estimate of drug-likeness (QED) is 0.685. The number of hydrogen-bond acceptors (Lipinski definition) is 4. The Morgan fingerprint density at radius 2 is 1.81 bits per heavy atom. The van der Waals surface area contributed by atoms with Crippen molar-refractivity contribution in [3.8, 4) is 0 Å². The molecule has 0 aliphatic heterocycles. The Kier molecular flexibility index (Phi) is 5.41. The highest BCUT2D eigenvalue weighted by molar-refractivity contribution is 7.92. The summed E-state index contributed by atoms with van der Waals surface area (Å²) in [5.74, 6) is -0.158. The minimum absolute atomic E-state index is 0.158. The van der Waals surface area contributed by atoms with E-state index in [1.807, 2.05) is 37.3 Å². The van der Waals surface area contributed by atoms with Crippen molar-refractivity contribution in [3.05, 3.63) is 71.9 Å². The van der Waals surface area contributed by atoms with Crippen molar-refractivity contribution < 1.29 is 13.2 Å². The molecule has 0 spiro atoms. The fourth-order valence-corrected chi connectivity index (χ4v) is 3.61. The van der Waals surface area contributed by atoms with Crippen LogP contribution in [0.25, 0.3) is 10.9 Å². The molecule has 1 aromatic heterocycles. The van der Waals surface area contributed by atoms with Gasteiger partial charge in [-0.3, -0.25) is 14.5 Å². The molecule has 0 aliphatic rings. The van der Waals surface area contributed by atoms with E-state index in [1.165, 1.54) is 0 Å². The lowest BCUT2D eigenvalue weighted by atomic mass is 10.0. The molecule has 27 heavy (non-hydrogen) atoms. The van der Waals surface area contributed by atoms with Gasteiger partial charge >= 0.3 is 0 Å². The summed E-state index contributed by atoms with van der Waals surface area (Å²) in [7, 11) is -3.41. The van der Waals surface area contributed by atoms with Gasteiger partial charge in [0.1, 0.15) is 0 Å². The second kappa shape index (κ2) is 7.75. The minimum atomic E-state index is -3.41. The van der Waals surface area contributed by atoms with Crippen LogP contribution in [0.5, 0.6) is 0 Å². The van der Waals surface area contributed by atoms with E-state index in [1.54, 1.807) is 30.5 Å². The maximum atomic E-state index is 12.6. The smallest absolute Gasteiger partial charge is 0.229 e. The number of para-hydroxylation sites is 2. The molecule has 0 radical (unpaired) electrons. The number of benzene rings is 2. The number of hydrogen-bond donors (Lipinski definition) is 2. The predicted molar refractivity (Wildman–Crippen MR) is 107 cm³/mol. The van der Waals surface area contributed by atoms with Gasteiger partial charge in [0.05, 0.1) is 29.9 Å². The molecule has 6 nitrogen and oxygen atoms in total. The summed E-state index contributed by atoms with van der Waals surface area (Å²) in [6, 6.07) is 16.2. The van der Waals surface area contributed by atoms with Gasteiger partial charge in [-0.25, -0.2) is 8.42 Å². The Balaban J connectivity index is 1.77. The lowest BCUT2D eigenvalue weighted by Gasteiger charge is -2.18. The fourth-order valence-electron chi connectivity index (χ4n) is 3.02. The number of nitrogens with one attached hydrogen (secondary N) is 2. The topological polar surface area (TPSA) is 88.2 Å². The Labute approximate surface area is 158 Å². The Morgan fingerprint density at radius 1 is 1.07 bits per heavy atom. The number of amides is 1. The summed E-state index contributed by atoms with van der Waals surface area (Å²) in [6.07, 6.45) is 3.00. The van der Waals surface area contributed by atoms with Crippen molar-refractivity contribution in [2.24, 2.45) is 0 Å². The number of aromatic nitrogens is 1. The molecule has 0 bridgehead atoms. The Bertz CT molecular complexity index is 1080. The van der Waals surface area contributed by atoms with E-state index in [0.717, 1.165) is 22.7 Å². The van der Waals surface area contributed by atoms with Crippen LogP contribution in [-0.4, -0.2) is 25.6 Å². The summed E-state index contributed by atoms with van der Waals surface area (Å²) in [4.78, 5) is 16.9. The number of carbonyl (C=O) groups is 1. The number of anilines is 1. The predicted octanol–water partition coefficient (Wildman–Crippen LogP) is 3.03. The molecule has 1 unspecified atom stereocenters. The molecule has 2 aromatic carbocycles. The van der Waals surface area contributed by atoms with Crippen LogP contribution in [-0.2, 0) is 21.2 Å². The number of nitrogens with zero attached hydrogens (tertiary/aromatic N) is 1. The van der Waals surface area contributed by atoms with E-state index in [2.05, 4.69) is 15.0 Å². The van der Waals surface area contributed by atoms with E-state index in [4.69, 9.17) is 0 Å². The molecule has 7 heteroatoms. The van der Waals surface area contributed by atoms with E-state index in [-0.39, 0.29) is 18.4 Å². The standard InChI is InChI=1S/C20H21N3O3S/c1-14(17-10-3-4-11-18(17)23-27(2,25)26)22-19(24)13-16-8-5-7-15-9-6-12-21-20(15)16/h3-12,14,23H,13H2,1-2H3,(H,22,24). The van der Waals surface area contributed by atoms with Gasteiger partial charge in [-0.15, -0.1) is 0 Å². The first-order valence-electron chi connectivity index (χ1n) is 8.52. The van der Waals surface area contributed by atoms with Crippen molar-refractivity contribution in [1.82, 2.24) is 10.3 Å². The van der Waals surface area contributed by atoms with Crippen LogP contribution in [0.1, 0.15) is 24.1 Å². The highest BCUT2D eigenvalue weighted by Crippen LogP contribution is 2.24. The zero-order valence-corrected chi connectivity index (χ0v) is 16.0. The van der Waals surface area contributed by atoms with E-state index < -0.39 is 10.0 Å². The van der Waals surface area contributed by atoms with Gasteiger partial charge in [0.15, 0.2) is 0 Å². The van der Waals surface area contributed by atoms with E-state index in [9.17, 15) is 13.2 Å². The number of pyridine rings is 1. The summed E-state index contributed by atoms with van der Waals surface area (Å²) in [5.41, 5.74) is 2.81. The monoisotopic (exact) mass is 383 g/mol. The first-order valence-corrected chi connectivity index (χ1v) is 10.4. The zero-order chi connectivity index (χ0) is 19.4. The van der Waals surface area contributed by atoms with Crippen LogP contribution in [0.15, 0.2) is 60.8 Å². The summed E-state index contributed by atoms with van der Waals surface area (Å²) in [5, 5.41) is 3.92. The van der Waals surface area contributed by atoms with Gasteiger partial charge < -0.3 is 5.32 Å². The first-order chi connectivity index (χ1) is 12.8. The van der Waals surface area contributed by atoms with Crippen molar-refractivity contribution in [2.45, 2.75) is 19.4 Å². The molecule has 140 valence electrons. The molecule has 0 fully saturated rings. The lowest BCUT2D eigenvalue weighted by Crippen LogP contribution is -2.29. The van der Waals surface area contributed by atoms with Gasteiger partial charge in [-0.2, -0.15) is 0 Å². The SMILES string of the molecule is CC(NC(=O)Cc1cccc2cccnc12)c1ccccc1NS(C)(=O)=O. The fraction of sp³-hybridized carbons (Fsp3) is 0.200. The molecular weight excluding hydrogens is 362 g/mol. The van der Waals surface area contributed by atoms with Crippen LogP contribution in [0, 0.1) is 0 Å². The molecule has 1 amide bonds. The third kappa shape index (κ3) is 4.83. The molecule has 3 aromatic rings. The number of fused-ring (bicyclic) bond motifs is 1. The maximum absolute atomic E-state index is 12.6. The Morgan fingerprint density at radius 3 is 2.59 bits per heavy atom. The van der Waals surface area contributed by atoms with E-state index in [0.29, 0.717) is 11.3 Å². The second-order valence-electron chi connectivity index (χ2n) is 6.42. The maximum Gasteiger partial charge on any atom is 0.229 e. The number of rotatable bonds is 6.